The molecule has 0 unspecified atom stereocenters. The number of allylic oxidation sites excluding steroid dienone is 2. The van der Waals surface area contributed by atoms with Crippen LogP contribution >= 0.6 is 0 Å². The summed E-state index contributed by atoms with van der Waals surface area (Å²) in [6, 6.07) is 0. The van der Waals surface area contributed by atoms with Crippen molar-refractivity contribution in [1.29, 1.82) is 0 Å². The lowest BCUT2D eigenvalue weighted by atomic mass is 10.1. The third-order valence-electron chi connectivity index (χ3n) is 5.47. The van der Waals surface area contributed by atoms with Gasteiger partial charge >= 0.3 is 0 Å². The molecule has 0 radical (unpaired) electrons. The normalized spacial score (nSPS) is 23.6. The van der Waals surface area contributed by atoms with Gasteiger partial charge in [-0.15, -0.1) is 0 Å². The minimum Gasteiger partial charge on any atom is -0.394 e. The Morgan fingerprint density at radius 3 is 2.11 bits per heavy atom. The van der Waals surface area contributed by atoms with E-state index in [1.807, 2.05) is 0 Å². The molecule has 1 saturated heterocycles. The van der Waals surface area contributed by atoms with Gasteiger partial charge in [-0.3, -0.25) is 0 Å². The van der Waals surface area contributed by atoms with Gasteiger partial charge in [-0.1, -0.05) is 76.9 Å². The molecule has 4 atom stereocenters. The van der Waals surface area contributed by atoms with Crippen molar-refractivity contribution in [3.8, 4) is 0 Å². The van der Waals surface area contributed by atoms with Crippen molar-refractivity contribution in [3.63, 3.8) is 0 Å². The van der Waals surface area contributed by atoms with Crippen LogP contribution in [0.5, 0.6) is 0 Å². The molecule has 0 bridgehead atoms. The molecule has 0 aromatic rings. The molecule has 1 aliphatic heterocycles. The molecular formula is C23H44O5. The molecule has 5 heteroatoms. The van der Waals surface area contributed by atoms with Crippen LogP contribution in [-0.2, 0) is 9.47 Å². The molecule has 5 nitrogen and oxygen atoms in total. The van der Waals surface area contributed by atoms with E-state index in [1.54, 1.807) is 0 Å². The maximum absolute atomic E-state index is 10.0. The standard InChI is InChI=1S/C23H44O5/c1-2-3-4-5-6-7-8-9-10-11-12-13-14-15-16-17-27-21-19-28-23(22(21)26)20(25)18-24/h13-14,20-26H,2-12,15-19H2,1H3/b14-13+/t20-,21+,22+,23+/m0/s1. The number of ether oxygens (including phenoxy) is 2. The fourth-order valence-electron chi connectivity index (χ4n) is 3.63. The molecule has 0 amide bonds. The zero-order valence-corrected chi connectivity index (χ0v) is 17.9. The quantitative estimate of drug-likeness (QED) is 0.238. The van der Waals surface area contributed by atoms with E-state index in [-0.39, 0.29) is 6.61 Å². The molecule has 28 heavy (non-hydrogen) atoms. The van der Waals surface area contributed by atoms with E-state index in [9.17, 15) is 10.2 Å². The minimum absolute atomic E-state index is 0.261. The Labute approximate surface area is 172 Å². The van der Waals surface area contributed by atoms with Crippen LogP contribution in [0.2, 0.25) is 0 Å². The molecule has 0 spiro atoms. The van der Waals surface area contributed by atoms with E-state index < -0.39 is 31.0 Å². The first kappa shape index (κ1) is 25.6. The van der Waals surface area contributed by atoms with Crippen molar-refractivity contribution in [2.45, 2.75) is 115 Å². The molecule has 1 aliphatic rings. The highest BCUT2D eigenvalue weighted by Gasteiger charge is 2.40. The SMILES string of the molecule is CCCCCCCCCCCC/C=C/CCCO[C@@H]1CO[C@H]([C@@H](O)CO)[C@@H]1O. The first-order chi connectivity index (χ1) is 13.7. The summed E-state index contributed by atoms with van der Waals surface area (Å²) in [6.07, 6.45) is 18.2. The van der Waals surface area contributed by atoms with Crippen LogP contribution in [0.3, 0.4) is 0 Å². The van der Waals surface area contributed by atoms with E-state index >= 15 is 0 Å². The highest BCUT2D eigenvalue weighted by molar-refractivity contribution is 4.89. The summed E-state index contributed by atoms with van der Waals surface area (Å²) in [5.41, 5.74) is 0. The summed E-state index contributed by atoms with van der Waals surface area (Å²) in [4.78, 5) is 0. The molecule has 1 rings (SSSR count). The topological polar surface area (TPSA) is 79.2 Å². The summed E-state index contributed by atoms with van der Waals surface area (Å²) >= 11 is 0. The maximum Gasteiger partial charge on any atom is 0.114 e. The van der Waals surface area contributed by atoms with E-state index in [2.05, 4.69) is 19.1 Å². The van der Waals surface area contributed by atoms with Gasteiger partial charge in [0, 0.05) is 6.61 Å². The van der Waals surface area contributed by atoms with E-state index in [1.165, 1.54) is 64.2 Å². The van der Waals surface area contributed by atoms with Crippen molar-refractivity contribution >= 4 is 0 Å². The summed E-state index contributed by atoms with van der Waals surface area (Å²) in [7, 11) is 0. The Kier molecular flexibility index (Phi) is 15.9. The van der Waals surface area contributed by atoms with Gasteiger partial charge in [-0.05, 0) is 25.7 Å². The van der Waals surface area contributed by atoms with Gasteiger partial charge in [0.25, 0.3) is 0 Å². The van der Waals surface area contributed by atoms with Gasteiger partial charge in [-0.25, -0.2) is 0 Å². The zero-order valence-electron chi connectivity index (χ0n) is 17.9. The number of aliphatic hydroxyl groups excluding tert-OH is 3. The minimum atomic E-state index is -1.06. The zero-order chi connectivity index (χ0) is 20.5. The van der Waals surface area contributed by atoms with Crippen molar-refractivity contribution in [1.82, 2.24) is 0 Å². The molecule has 166 valence electrons. The summed E-state index contributed by atoms with van der Waals surface area (Å²) in [6.45, 7) is 2.67. The second-order valence-corrected chi connectivity index (χ2v) is 8.03. The lowest BCUT2D eigenvalue weighted by molar-refractivity contribution is -0.0729. The number of unbranched alkanes of at least 4 members (excludes halogenated alkanes) is 11. The molecule has 0 aromatic carbocycles. The summed E-state index contributed by atoms with van der Waals surface area (Å²) in [5, 5.41) is 28.5. The Bertz CT molecular complexity index is 374. The van der Waals surface area contributed by atoms with Gasteiger partial charge in [0.1, 0.15) is 24.4 Å². The molecule has 3 N–H and O–H groups in total. The van der Waals surface area contributed by atoms with Crippen molar-refractivity contribution in [2.75, 3.05) is 19.8 Å². The third kappa shape index (κ3) is 11.5. The summed E-state index contributed by atoms with van der Waals surface area (Å²) in [5.74, 6) is 0. The van der Waals surface area contributed by atoms with Crippen LogP contribution in [0.4, 0.5) is 0 Å². The van der Waals surface area contributed by atoms with Gasteiger partial charge in [0.15, 0.2) is 0 Å². The Morgan fingerprint density at radius 2 is 1.50 bits per heavy atom. The molecule has 0 aromatic heterocycles. The molecule has 1 fully saturated rings. The van der Waals surface area contributed by atoms with Crippen molar-refractivity contribution < 1.29 is 24.8 Å². The maximum atomic E-state index is 10.0. The van der Waals surface area contributed by atoms with Crippen LogP contribution in [0.15, 0.2) is 12.2 Å². The predicted molar refractivity (Wildman–Crippen MR) is 113 cm³/mol. The first-order valence-electron chi connectivity index (χ1n) is 11.6. The average molecular weight is 401 g/mol. The number of rotatable bonds is 18. The van der Waals surface area contributed by atoms with Crippen LogP contribution in [0.25, 0.3) is 0 Å². The second-order valence-electron chi connectivity index (χ2n) is 8.03. The van der Waals surface area contributed by atoms with Gasteiger partial charge in [-0.2, -0.15) is 0 Å². The monoisotopic (exact) mass is 400 g/mol. The van der Waals surface area contributed by atoms with Gasteiger partial charge < -0.3 is 24.8 Å². The lowest BCUT2D eigenvalue weighted by Crippen LogP contribution is -2.41. The lowest BCUT2D eigenvalue weighted by Gasteiger charge is -2.20. The highest BCUT2D eigenvalue weighted by Crippen LogP contribution is 2.20. The highest BCUT2D eigenvalue weighted by atomic mass is 16.6. The molecule has 0 saturated carbocycles. The van der Waals surface area contributed by atoms with Crippen LogP contribution < -0.4 is 0 Å². The van der Waals surface area contributed by atoms with E-state index in [4.69, 9.17) is 14.6 Å². The van der Waals surface area contributed by atoms with E-state index in [0.717, 1.165) is 19.3 Å². The second kappa shape index (κ2) is 17.4. The molecular weight excluding hydrogens is 356 g/mol. The smallest absolute Gasteiger partial charge is 0.114 e. The Morgan fingerprint density at radius 1 is 0.929 bits per heavy atom. The van der Waals surface area contributed by atoms with Crippen molar-refractivity contribution in [2.24, 2.45) is 0 Å². The summed E-state index contributed by atoms with van der Waals surface area (Å²) < 4.78 is 11.0. The average Bonchev–Trinajstić information content (AvgIpc) is 3.07. The fraction of sp³-hybridized carbons (Fsp3) is 0.913. The number of hydrogen-bond acceptors (Lipinski definition) is 5. The Hall–Kier alpha value is -0.460. The van der Waals surface area contributed by atoms with Crippen LogP contribution in [0.1, 0.15) is 90.4 Å². The first-order valence-corrected chi connectivity index (χ1v) is 11.6. The van der Waals surface area contributed by atoms with Gasteiger partial charge in [0.05, 0.1) is 13.2 Å². The van der Waals surface area contributed by atoms with E-state index in [0.29, 0.717) is 6.61 Å². The Balaban J connectivity index is 1.86. The van der Waals surface area contributed by atoms with Crippen molar-refractivity contribution in [3.05, 3.63) is 12.2 Å². The largest absolute Gasteiger partial charge is 0.394 e. The van der Waals surface area contributed by atoms with Crippen LogP contribution in [-0.4, -0.2) is 59.6 Å². The number of aliphatic hydroxyl groups is 3. The van der Waals surface area contributed by atoms with Crippen LogP contribution in [0, 0.1) is 0 Å². The predicted octanol–water partition coefficient (Wildman–Crippen LogP) is 4.13. The van der Waals surface area contributed by atoms with Gasteiger partial charge in [0.2, 0.25) is 0 Å². The fourth-order valence-corrected chi connectivity index (χ4v) is 3.63. The molecule has 0 aliphatic carbocycles. The number of hydrogen-bond donors (Lipinski definition) is 3. The third-order valence-corrected chi connectivity index (χ3v) is 5.47. The molecule has 1 heterocycles.